The van der Waals surface area contributed by atoms with Crippen LogP contribution in [0.2, 0.25) is 0 Å². The second-order valence-corrected chi connectivity index (χ2v) is 7.31. The maximum atomic E-state index is 14.0. The Morgan fingerprint density at radius 2 is 1.81 bits per heavy atom. The van der Waals surface area contributed by atoms with E-state index in [4.69, 9.17) is 0 Å². The van der Waals surface area contributed by atoms with Crippen LogP contribution in [-0.4, -0.2) is 47.9 Å². The quantitative estimate of drug-likeness (QED) is 0.733. The summed E-state index contributed by atoms with van der Waals surface area (Å²) in [5.41, 5.74) is 0.671. The SMILES string of the molecule is Cl.O=C1CC(c2ccccc2)NCCCCN(C(=O)c2ncc(F)cc2F)CCCN1. The van der Waals surface area contributed by atoms with Crippen LogP contribution >= 0.6 is 12.4 Å². The maximum Gasteiger partial charge on any atom is 0.275 e. The fraction of sp³-hybridized carbons (Fsp3) is 0.409. The third kappa shape index (κ3) is 7.25. The molecule has 1 saturated heterocycles. The minimum atomic E-state index is -0.969. The predicted molar refractivity (Wildman–Crippen MR) is 116 cm³/mol. The van der Waals surface area contributed by atoms with Crippen LogP contribution in [-0.2, 0) is 4.79 Å². The monoisotopic (exact) mass is 452 g/mol. The van der Waals surface area contributed by atoms with E-state index in [1.54, 1.807) is 0 Å². The average molecular weight is 453 g/mol. The minimum Gasteiger partial charge on any atom is -0.356 e. The molecule has 9 heteroatoms. The predicted octanol–water partition coefficient (Wildman–Crippen LogP) is 3.24. The van der Waals surface area contributed by atoms with Crippen molar-refractivity contribution >= 4 is 24.2 Å². The van der Waals surface area contributed by atoms with Crippen LogP contribution in [0.5, 0.6) is 0 Å². The Hall–Kier alpha value is -2.58. The molecule has 0 radical (unpaired) electrons. The van der Waals surface area contributed by atoms with E-state index in [-0.39, 0.29) is 30.0 Å². The van der Waals surface area contributed by atoms with Gasteiger partial charge in [-0.3, -0.25) is 9.59 Å². The molecule has 1 unspecified atom stereocenters. The number of hydrogen-bond acceptors (Lipinski definition) is 4. The molecule has 0 spiro atoms. The van der Waals surface area contributed by atoms with E-state index < -0.39 is 17.5 Å². The first-order chi connectivity index (χ1) is 14.5. The van der Waals surface area contributed by atoms with E-state index in [1.165, 1.54) is 4.90 Å². The Kier molecular flexibility index (Phi) is 9.81. The van der Waals surface area contributed by atoms with Crippen LogP contribution in [0.25, 0.3) is 0 Å². The van der Waals surface area contributed by atoms with Crippen molar-refractivity contribution in [3.05, 3.63) is 65.5 Å². The van der Waals surface area contributed by atoms with E-state index in [0.29, 0.717) is 51.5 Å². The first kappa shape index (κ1) is 24.7. The summed E-state index contributed by atoms with van der Waals surface area (Å²) in [6.45, 7) is 1.87. The lowest BCUT2D eigenvalue weighted by atomic mass is 10.0. The van der Waals surface area contributed by atoms with Crippen molar-refractivity contribution in [3.8, 4) is 0 Å². The minimum absolute atomic E-state index is 0. The third-order valence-corrected chi connectivity index (χ3v) is 5.06. The molecule has 1 fully saturated rings. The molecule has 1 atom stereocenters. The second-order valence-electron chi connectivity index (χ2n) is 7.31. The number of halogens is 3. The van der Waals surface area contributed by atoms with Gasteiger partial charge in [-0.2, -0.15) is 0 Å². The number of aromatic nitrogens is 1. The van der Waals surface area contributed by atoms with E-state index in [0.717, 1.165) is 18.2 Å². The Morgan fingerprint density at radius 3 is 2.55 bits per heavy atom. The van der Waals surface area contributed by atoms with Gasteiger partial charge >= 0.3 is 0 Å². The Bertz CT molecular complexity index is 870. The normalized spacial score (nSPS) is 18.6. The number of nitrogens with one attached hydrogen (secondary N) is 2. The van der Waals surface area contributed by atoms with Gasteiger partial charge in [-0.25, -0.2) is 13.8 Å². The van der Waals surface area contributed by atoms with Gasteiger partial charge in [0.05, 0.1) is 6.20 Å². The molecule has 31 heavy (non-hydrogen) atoms. The lowest BCUT2D eigenvalue weighted by molar-refractivity contribution is -0.121. The van der Waals surface area contributed by atoms with Gasteiger partial charge in [0.25, 0.3) is 5.91 Å². The lowest BCUT2D eigenvalue weighted by Crippen LogP contribution is -2.36. The zero-order valence-corrected chi connectivity index (χ0v) is 18.0. The molecule has 2 N–H and O–H groups in total. The fourth-order valence-corrected chi connectivity index (χ4v) is 3.49. The second kappa shape index (κ2) is 12.3. The van der Waals surface area contributed by atoms with Gasteiger partial charge in [-0.15, -0.1) is 12.4 Å². The van der Waals surface area contributed by atoms with E-state index >= 15 is 0 Å². The average Bonchev–Trinajstić information content (AvgIpc) is 2.75. The Labute approximate surface area is 186 Å². The number of amides is 2. The van der Waals surface area contributed by atoms with E-state index in [1.807, 2.05) is 30.3 Å². The van der Waals surface area contributed by atoms with Gasteiger partial charge in [-0.1, -0.05) is 30.3 Å². The molecule has 2 amide bonds. The molecule has 1 aliphatic rings. The Balaban J connectivity index is 0.00000341. The van der Waals surface area contributed by atoms with Gasteiger partial charge in [0.2, 0.25) is 5.91 Å². The zero-order chi connectivity index (χ0) is 21.3. The van der Waals surface area contributed by atoms with Crippen LogP contribution in [0.15, 0.2) is 42.6 Å². The van der Waals surface area contributed by atoms with Gasteiger partial charge < -0.3 is 15.5 Å². The fourth-order valence-electron chi connectivity index (χ4n) is 3.49. The zero-order valence-electron chi connectivity index (χ0n) is 17.2. The molecule has 6 nitrogen and oxygen atoms in total. The first-order valence-electron chi connectivity index (χ1n) is 10.2. The summed E-state index contributed by atoms with van der Waals surface area (Å²) in [6.07, 6.45) is 3.20. The number of carbonyl (C=O) groups is 2. The summed E-state index contributed by atoms with van der Waals surface area (Å²) >= 11 is 0. The number of nitrogens with zero attached hydrogens (tertiary/aromatic N) is 2. The highest BCUT2D eigenvalue weighted by Crippen LogP contribution is 2.17. The highest BCUT2D eigenvalue weighted by molar-refractivity contribution is 5.92. The maximum absolute atomic E-state index is 14.0. The third-order valence-electron chi connectivity index (χ3n) is 5.06. The van der Waals surface area contributed by atoms with Crippen LogP contribution in [0.1, 0.15) is 47.8 Å². The molecular formula is C22H27ClF2N4O2. The van der Waals surface area contributed by atoms with Gasteiger partial charge in [0, 0.05) is 38.2 Å². The van der Waals surface area contributed by atoms with Crippen molar-refractivity contribution in [2.45, 2.75) is 31.7 Å². The molecule has 0 bridgehead atoms. The first-order valence-corrected chi connectivity index (χ1v) is 10.2. The molecule has 168 valence electrons. The van der Waals surface area contributed by atoms with E-state index in [9.17, 15) is 18.4 Å². The van der Waals surface area contributed by atoms with Crippen molar-refractivity contribution in [1.82, 2.24) is 20.5 Å². The summed E-state index contributed by atoms with van der Waals surface area (Å²) < 4.78 is 27.1. The molecule has 3 rings (SSSR count). The van der Waals surface area contributed by atoms with Crippen molar-refractivity contribution in [3.63, 3.8) is 0 Å². The van der Waals surface area contributed by atoms with Crippen LogP contribution < -0.4 is 10.6 Å². The number of hydrogen-bond donors (Lipinski definition) is 2. The molecular weight excluding hydrogens is 426 g/mol. The van der Waals surface area contributed by atoms with Crippen molar-refractivity contribution in [2.75, 3.05) is 26.2 Å². The molecule has 0 saturated carbocycles. The smallest absolute Gasteiger partial charge is 0.275 e. The standard InChI is InChI=1S/C22H26F2N4O2.ClH/c23-17-13-18(24)21(27-15-17)22(30)28-11-5-4-9-25-19(16-7-2-1-3-8-16)14-20(29)26-10-6-12-28;/h1-3,7-8,13,15,19,25H,4-6,9-12,14H2,(H,26,29);1H. The van der Waals surface area contributed by atoms with Crippen LogP contribution in [0.4, 0.5) is 8.78 Å². The highest BCUT2D eigenvalue weighted by Gasteiger charge is 2.22. The van der Waals surface area contributed by atoms with Crippen LogP contribution in [0, 0.1) is 11.6 Å². The largest absolute Gasteiger partial charge is 0.356 e. The van der Waals surface area contributed by atoms with Gasteiger partial charge in [0.1, 0.15) is 5.82 Å². The molecule has 1 aromatic carbocycles. The van der Waals surface area contributed by atoms with Crippen LogP contribution in [0.3, 0.4) is 0 Å². The topological polar surface area (TPSA) is 74.3 Å². The summed E-state index contributed by atoms with van der Waals surface area (Å²) in [5.74, 6) is -2.43. The summed E-state index contributed by atoms with van der Waals surface area (Å²) in [6, 6.07) is 10.4. The molecule has 2 heterocycles. The highest BCUT2D eigenvalue weighted by atomic mass is 35.5. The van der Waals surface area contributed by atoms with Crippen molar-refractivity contribution in [2.24, 2.45) is 0 Å². The number of rotatable bonds is 2. The molecule has 1 aliphatic heterocycles. The van der Waals surface area contributed by atoms with E-state index in [2.05, 4.69) is 15.6 Å². The summed E-state index contributed by atoms with van der Waals surface area (Å²) in [7, 11) is 0. The summed E-state index contributed by atoms with van der Waals surface area (Å²) in [4.78, 5) is 30.2. The van der Waals surface area contributed by atoms with Crippen molar-refractivity contribution in [1.29, 1.82) is 0 Å². The lowest BCUT2D eigenvalue weighted by Gasteiger charge is -2.22. The molecule has 1 aromatic heterocycles. The van der Waals surface area contributed by atoms with Gasteiger partial charge in [-0.05, 0) is 31.4 Å². The van der Waals surface area contributed by atoms with Gasteiger partial charge in [0.15, 0.2) is 11.5 Å². The molecule has 2 aromatic rings. The summed E-state index contributed by atoms with van der Waals surface area (Å²) in [5, 5.41) is 6.30. The number of benzene rings is 1. The van der Waals surface area contributed by atoms with Crippen molar-refractivity contribution < 1.29 is 18.4 Å². The Morgan fingerprint density at radius 1 is 1.06 bits per heavy atom. The number of pyridine rings is 1. The molecule has 0 aliphatic carbocycles. The number of carbonyl (C=O) groups excluding carboxylic acids is 2.